The van der Waals surface area contributed by atoms with Gasteiger partial charge in [-0.3, -0.25) is 0 Å². The van der Waals surface area contributed by atoms with Gasteiger partial charge in [0.25, 0.3) is 0 Å². The van der Waals surface area contributed by atoms with Crippen molar-refractivity contribution in [2.24, 2.45) is 0 Å². The molecule has 5 nitrogen and oxygen atoms in total. The molecule has 0 aromatic heterocycles. The molecule has 0 spiro atoms. The van der Waals surface area contributed by atoms with Gasteiger partial charge in [-0.15, -0.1) is 0 Å². The summed E-state index contributed by atoms with van der Waals surface area (Å²) in [6, 6.07) is 0. The number of rotatable bonds is 4. The van der Waals surface area contributed by atoms with Crippen molar-refractivity contribution in [2.75, 3.05) is 19.8 Å². The van der Waals surface area contributed by atoms with Gasteiger partial charge in [0.05, 0.1) is 13.3 Å². The molecular formula is C3H10N2O3. The first kappa shape index (κ1) is 7.80. The Bertz CT molecular complexity index is 45.8. The Balaban J connectivity index is 2.92. The second kappa shape index (κ2) is 4.95. The minimum Gasteiger partial charge on any atom is -0.395 e. The molecular weight excluding hydrogens is 112 g/mol. The first-order valence-electron chi connectivity index (χ1n) is 2.23. The van der Waals surface area contributed by atoms with E-state index in [9.17, 15) is 0 Å². The van der Waals surface area contributed by atoms with Crippen LogP contribution in [0.3, 0.4) is 0 Å². The van der Waals surface area contributed by atoms with Gasteiger partial charge in [-0.1, -0.05) is 0 Å². The molecule has 50 valence electrons. The van der Waals surface area contributed by atoms with Crippen molar-refractivity contribution in [3.8, 4) is 0 Å². The topological polar surface area (TPSA) is 76.0 Å². The lowest BCUT2D eigenvalue weighted by atomic mass is 10.7. The zero-order valence-corrected chi connectivity index (χ0v) is 4.41. The summed E-state index contributed by atoms with van der Waals surface area (Å²) < 4.78 is 0. The summed E-state index contributed by atoms with van der Waals surface area (Å²) in [5, 5.41) is 25.3. The van der Waals surface area contributed by atoms with E-state index in [0.717, 1.165) is 5.06 Å². The van der Waals surface area contributed by atoms with Crippen LogP contribution >= 0.6 is 0 Å². The van der Waals surface area contributed by atoms with Crippen LogP contribution < -0.4 is 5.48 Å². The fraction of sp³-hybridized carbons (Fsp3) is 1.00. The van der Waals surface area contributed by atoms with Crippen LogP contribution in [0.2, 0.25) is 0 Å². The Morgan fingerprint density at radius 1 is 1.50 bits per heavy atom. The molecule has 0 bridgehead atoms. The van der Waals surface area contributed by atoms with Gasteiger partial charge in [0.2, 0.25) is 0 Å². The first-order valence-corrected chi connectivity index (χ1v) is 2.23. The van der Waals surface area contributed by atoms with E-state index in [1.165, 1.54) is 0 Å². The minimum atomic E-state index is -0.127. The second-order valence-electron chi connectivity index (χ2n) is 1.27. The Labute approximate surface area is 47.1 Å². The van der Waals surface area contributed by atoms with Crippen LogP contribution in [0.4, 0.5) is 0 Å². The van der Waals surface area contributed by atoms with Crippen molar-refractivity contribution in [1.82, 2.24) is 10.5 Å². The molecule has 0 aromatic rings. The van der Waals surface area contributed by atoms with E-state index in [1.807, 2.05) is 0 Å². The van der Waals surface area contributed by atoms with E-state index in [0.29, 0.717) is 0 Å². The summed E-state index contributed by atoms with van der Waals surface area (Å²) in [5.74, 6) is 0. The maximum absolute atomic E-state index is 8.50. The van der Waals surface area contributed by atoms with Crippen LogP contribution in [-0.4, -0.2) is 40.4 Å². The maximum Gasteiger partial charge on any atom is 0.0965 e. The van der Waals surface area contributed by atoms with E-state index < -0.39 is 0 Å². The quantitative estimate of drug-likeness (QED) is 0.273. The van der Waals surface area contributed by atoms with Gasteiger partial charge in [0.15, 0.2) is 0 Å². The lowest BCUT2D eigenvalue weighted by Gasteiger charge is -2.09. The summed E-state index contributed by atoms with van der Waals surface area (Å²) in [4.78, 5) is 0. The van der Waals surface area contributed by atoms with Crippen LogP contribution in [0, 0.1) is 0 Å². The fourth-order valence-corrected chi connectivity index (χ4v) is 0.276. The van der Waals surface area contributed by atoms with Crippen LogP contribution in [0.15, 0.2) is 0 Å². The van der Waals surface area contributed by atoms with Gasteiger partial charge in [0, 0.05) is 6.54 Å². The summed E-state index contributed by atoms with van der Waals surface area (Å²) in [6.45, 7) is -0.0493. The molecule has 0 amide bonds. The molecule has 0 saturated carbocycles. The molecule has 0 aromatic carbocycles. The van der Waals surface area contributed by atoms with Crippen LogP contribution in [0.1, 0.15) is 0 Å². The molecule has 0 aliphatic heterocycles. The molecule has 0 aliphatic rings. The third-order valence-electron chi connectivity index (χ3n) is 0.611. The predicted octanol–water partition coefficient (Wildman–Crippen LogP) is -1.39. The van der Waals surface area contributed by atoms with Gasteiger partial charge in [-0.25, -0.2) is 0 Å². The van der Waals surface area contributed by atoms with Crippen LogP contribution in [0.25, 0.3) is 0 Å². The average molecular weight is 122 g/mol. The Kier molecular flexibility index (Phi) is 4.82. The van der Waals surface area contributed by atoms with E-state index >= 15 is 0 Å². The summed E-state index contributed by atoms with van der Waals surface area (Å²) in [7, 11) is 0. The average Bonchev–Trinajstić information content (AvgIpc) is 1.68. The lowest BCUT2D eigenvalue weighted by molar-refractivity contribution is -0.124. The van der Waals surface area contributed by atoms with Gasteiger partial charge < -0.3 is 15.5 Å². The molecule has 5 heteroatoms. The molecule has 0 fully saturated rings. The highest BCUT2D eigenvalue weighted by atomic mass is 16.5. The number of aliphatic hydroxyl groups excluding tert-OH is 1. The second-order valence-corrected chi connectivity index (χ2v) is 1.27. The van der Waals surface area contributed by atoms with Crippen LogP contribution in [-0.2, 0) is 0 Å². The number of hydroxylamine groups is 3. The number of hydrogen-bond donors (Lipinski definition) is 4. The Morgan fingerprint density at radius 3 is 2.50 bits per heavy atom. The van der Waals surface area contributed by atoms with E-state index in [2.05, 4.69) is 0 Å². The number of hydrogen-bond acceptors (Lipinski definition) is 5. The standard InChI is InChI=1S/C3H10N2O3/c6-2-1-5(8)3-4-7/h4,6-8H,1-3H2. The molecule has 8 heavy (non-hydrogen) atoms. The molecule has 0 atom stereocenters. The van der Waals surface area contributed by atoms with E-state index in [4.69, 9.17) is 15.5 Å². The third-order valence-corrected chi connectivity index (χ3v) is 0.611. The van der Waals surface area contributed by atoms with Gasteiger partial charge in [-0.05, 0) is 0 Å². The molecule has 0 aliphatic carbocycles. The SMILES string of the molecule is OCCN(O)CNO. The van der Waals surface area contributed by atoms with Gasteiger partial charge in [-0.2, -0.15) is 10.5 Å². The van der Waals surface area contributed by atoms with Crippen molar-refractivity contribution in [3.63, 3.8) is 0 Å². The highest BCUT2D eigenvalue weighted by molar-refractivity contribution is 4.33. The zero-order chi connectivity index (χ0) is 6.41. The van der Waals surface area contributed by atoms with Crippen LogP contribution in [0.5, 0.6) is 0 Å². The third kappa shape index (κ3) is 3.97. The molecule has 0 rings (SSSR count). The first-order chi connectivity index (χ1) is 3.81. The van der Waals surface area contributed by atoms with Crippen molar-refractivity contribution < 1.29 is 15.5 Å². The fourth-order valence-electron chi connectivity index (χ4n) is 0.276. The normalized spacial score (nSPS) is 10.5. The smallest absolute Gasteiger partial charge is 0.0965 e. The number of nitrogens with zero attached hydrogens (tertiary/aromatic N) is 1. The molecule has 0 saturated heterocycles. The Morgan fingerprint density at radius 2 is 2.12 bits per heavy atom. The molecule has 0 unspecified atom stereocenters. The summed E-state index contributed by atoms with van der Waals surface area (Å²) in [5.41, 5.74) is 1.72. The predicted molar refractivity (Wildman–Crippen MR) is 25.4 cm³/mol. The maximum atomic E-state index is 8.50. The summed E-state index contributed by atoms with van der Waals surface area (Å²) in [6.07, 6.45) is 0. The largest absolute Gasteiger partial charge is 0.395 e. The minimum absolute atomic E-state index is 0.0550. The number of nitrogens with one attached hydrogen (secondary N) is 1. The van der Waals surface area contributed by atoms with Crippen molar-refractivity contribution in [1.29, 1.82) is 0 Å². The van der Waals surface area contributed by atoms with E-state index in [1.54, 1.807) is 5.48 Å². The zero-order valence-electron chi connectivity index (χ0n) is 4.41. The van der Waals surface area contributed by atoms with Gasteiger partial charge in [0.1, 0.15) is 0 Å². The van der Waals surface area contributed by atoms with E-state index in [-0.39, 0.29) is 19.8 Å². The van der Waals surface area contributed by atoms with Crippen molar-refractivity contribution in [3.05, 3.63) is 0 Å². The van der Waals surface area contributed by atoms with Gasteiger partial charge >= 0.3 is 0 Å². The monoisotopic (exact) mass is 122 g/mol. The number of aliphatic hydroxyl groups is 1. The lowest BCUT2D eigenvalue weighted by Crippen LogP contribution is -2.31. The van der Waals surface area contributed by atoms with Crippen molar-refractivity contribution in [2.45, 2.75) is 0 Å². The molecule has 0 heterocycles. The summed E-state index contributed by atoms with van der Waals surface area (Å²) >= 11 is 0. The van der Waals surface area contributed by atoms with Crippen molar-refractivity contribution >= 4 is 0 Å². The molecule has 4 N–H and O–H groups in total. The highest BCUT2D eigenvalue weighted by Crippen LogP contribution is 1.72. The Hall–Kier alpha value is -0.200. The molecule has 0 radical (unpaired) electrons. The highest BCUT2D eigenvalue weighted by Gasteiger charge is 1.93.